The number of Topliss-reactive ketones (excluding diaryl/α,β-unsaturated/α-hetero) is 1. The Morgan fingerprint density at radius 1 is 1.03 bits per heavy atom. The number of ketones is 1. The summed E-state index contributed by atoms with van der Waals surface area (Å²) in [7, 11) is -3.81. The Labute approximate surface area is 178 Å². The Morgan fingerprint density at radius 3 is 2.68 bits per heavy atom. The Hall–Kier alpha value is -3.23. The predicted molar refractivity (Wildman–Crippen MR) is 117 cm³/mol. The van der Waals surface area contributed by atoms with E-state index in [9.17, 15) is 18.0 Å². The smallest absolute Gasteiger partial charge is 0.408 e. The van der Waals surface area contributed by atoms with Crippen molar-refractivity contribution >= 4 is 37.7 Å². The van der Waals surface area contributed by atoms with Gasteiger partial charge in [-0.25, -0.2) is 13.2 Å². The van der Waals surface area contributed by atoms with E-state index >= 15 is 0 Å². The second-order valence-corrected chi connectivity index (χ2v) is 9.74. The lowest BCUT2D eigenvalue weighted by Crippen LogP contribution is -2.42. The molecule has 1 aliphatic rings. The number of benzene rings is 3. The van der Waals surface area contributed by atoms with E-state index in [1.807, 2.05) is 36.4 Å². The number of nitrogens with one attached hydrogen (secondary N) is 1. The zero-order valence-corrected chi connectivity index (χ0v) is 17.4. The number of carbonyl (C=O) groups excluding carboxylic acids is 1. The van der Waals surface area contributed by atoms with Crippen molar-refractivity contribution in [1.82, 2.24) is 9.29 Å². The van der Waals surface area contributed by atoms with Gasteiger partial charge in [0.2, 0.25) is 10.0 Å². The van der Waals surface area contributed by atoms with Crippen LogP contribution in [0.4, 0.5) is 0 Å². The fraction of sp³-hybridized carbons (Fsp3) is 0.217. The highest BCUT2D eigenvalue weighted by Crippen LogP contribution is 2.28. The lowest BCUT2D eigenvalue weighted by molar-refractivity contribution is 0.0872. The van der Waals surface area contributed by atoms with Crippen LogP contribution in [0.3, 0.4) is 0 Å². The summed E-state index contributed by atoms with van der Waals surface area (Å²) in [6.07, 6.45) is 1.25. The van der Waals surface area contributed by atoms with Crippen molar-refractivity contribution in [3.05, 3.63) is 76.8 Å². The Kier molecular flexibility index (Phi) is 4.75. The maximum Gasteiger partial charge on any atom is 0.417 e. The lowest BCUT2D eigenvalue weighted by Gasteiger charge is -2.31. The van der Waals surface area contributed by atoms with Crippen LogP contribution in [-0.4, -0.2) is 36.6 Å². The number of piperidine rings is 1. The minimum Gasteiger partial charge on any atom is -0.408 e. The van der Waals surface area contributed by atoms with Crippen LogP contribution >= 0.6 is 0 Å². The monoisotopic (exact) mass is 436 g/mol. The summed E-state index contributed by atoms with van der Waals surface area (Å²) in [6.45, 7) is 0.484. The van der Waals surface area contributed by atoms with Crippen molar-refractivity contribution < 1.29 is 17.6 Å². The number of carbonyl (C=O) groups is 1. The summed E-state index contributed by atoms with van der Waals surface area (Å²) >= 11 is 0. The molecular formula is C23H20N2O5S. The van der Waals surface area contributed by atoms with Gasteiger partial charge in [-0.3, -0.25) is 9.78 Å². The van der Waals surface area contributed by atoms with Gasteiger partial charge < -0.3 is 4.42 Å². The molecule has 1 aromatic heterocycles. The standard InChI is InChI=1S/C23H20N2O5S/c26-22(17-8-7-15-4-1-2-5-16(15)12-17)18-6-3-11-25(14-18)31(28,29)19-9-10-21-20(13-19)24-23(27)30-21/h1-2,4-5,7-10,12-13,18H,3,6,11,14H2,(H,24,27)/t18-/m0/s1. The fourth-order valence-corrected chi connectivity index (χ4v) is 5.74. The van der Waals surface area contributed by atoms with Gasteiger partial charge in [0.25, 0.3) is 0 Å². The van der Waals surface area contributed by atoms with Crippen molar-refractivity contribution in [2.24, 2.45) is 5.92 Å². The molecule has 1 saturated heterocycles. The maximum absolute atomic E-state index is 13.2. The molecule has 1 atom stereocenters. The molecule has 0 aliphatic carbocycles. The highest BCUT2D eigenvalue weighted by atomic mass is 32.2. The molecule has 8 heteroatoms. The van der Waals surface area contributed by atoms with Crippen molar-refractivity contribution in [3.8, 4) is 0 Å². The van der Waals surface area contributed by atoms with Gasteiger partial charge in [-0.15, -0.1) is 0 Å². The first-order valence-electron chi connectivity index (χ1n) is 10.1. The molecule has 3 aromatic carbocycles. The van der Waals surface area contributed by atoms with Crippen LogP contribution in [0.5, 0.6) is 0 Å². The first-order chi connectivity index (χ1) is 14.9. The molecule has 31 heavy (non-hydrogen) atoms. The molecule has 5 rings (SSSR count). The molecule has 0 bridgehead atoms. The molecule has 2 heterocycles. The molecule has 158 valence electrons. The number of rotatable bonds is 4. The average molecular weight is 436 g/mol. The number of fused-ring (bicyclic) bond motifs is 2. The van der Waals surface area contributed by atoms with Gasteiger partial charge in [-0.05, 0) is 47.9 Å². The summed E-state index contributed by atoms with van der Waals surface area (Å²) in [5, 5.41) is 2.04. The van der Waals surface area contributed by atoms with E-state index in [0.717, 1.165) is 10.8 Å². The minimum atomic E-state index is -3.81. The number of hydrogen-bond donors (Lipinski definition) is 1. The Balaban J connectivity index is 1.41. The molecule has 4 aromatic rings. The van der Waals surface area contributed by atoms with Crippen molar-refractivity contribution in [2.45, 2.75) is 17.7 Å². The Bertz CT molecular complexity index is 1470. The molecule has 0 unspecified atom stereocenters. The van der Waals surface area contributed by atoms with Crippen LogP contribution in [-0.2, 0) is 10.0 Å². The van der Waals surface area contributed by atoms with Crippen LogP contribution in [0.2, 0.25) is 0 Å². The summed E-state index contributed by atoms with van der Waals surface area (Å²) in [4.78, 5) is 27.1. The van der Waals surface area contributed by atoms with Crippen molar-refractivity contribution in [3.63, 3.8) is 0 Å². The average Bonchev–Trinajstić information content (AvgIpc) is 3.17. The number of aromatic nitrogens is 1. The number of nitrogens with zero attached hydrogens (tertiary/aromatic N) is 1. The van der Waals surface area contributed by atoms with Crippen molar-refractivity contribution in [1.29, 1.82) is 0 Å². The summed E-state index contributed by atoms with van der Waals surface area (Å²) in [5.41, 5.74) is 1.22. The number of H-pyrrole nitrogens is 1. The second kappa shape index (κ2) is 7.47. The minimum absolute atomic E-state index is 0.0414. The van der Waals surface area contributed by atoms with Crippen molar-refractivity contribution in [2.75, 3.05) is 13.1 Å². The van der Waals surface area contributed by atoms with Gasteiger partial charge in [0.1, 0.15) is 0 Å². The van der Waals surface area contributed by atoms with E-state index in [4.69, 9.17) is 4.42 Å². The van der Waals surface area contributed by atoms with Gasteiger partial charge in [0.05, 0.1) is 10.4 Å². The van der Waals surface area contributed by atoms with E-state index in [2.05, 4.69) is 4.98 Å². The molecule has 0 radical (unpaired) electrons. The largest absolute Gasteiger partial charge is 0.417 e. The van der Waals surface area contributed by atoms with E-state index in [1.165, 1.54) is 22.5 Å². The van der Waals surface area contributed by atoms with Crippen LogP contribution < -0.4 is 5.76 Å². The van der Waals surface area contributed by atoms with E-state index in [0.29, 0.717) is 36.0 Å². The molecule has 0 amide bonds. The third kappa shape index (κ3) is 3.58. The topological polar surface area (TPSA) is 100 Å². The third-order valence-corrected chi connectivity index (χ3v) is 7.68. The summed E-state index contributed by atoms with van der Waals surface area (Å²) in [6, 6.07) is 17.7. The summed E-state index contributed by atoms with van der Waals surface area (Å²) in [5.74, 6) is -1.08. The van der Waals surface area contributed by atoms with E-state index in [1.54, 1.807) is 6.07 Å². The highest BCUT2D eigenvalue weighted by Gasteiger charge is 2.34. The quantitative estimate of drug-likeness (QED) is 0.493. The first kappa shape index (κ1) is 19.7. The van der Waals surface area contributed by atoms with Crippen LogP contribution in [0.1, 0.15) is 23.2 Å². The molecule has 1 fully saturated rings. The summed E-state index contributed by atoms with van der Waals surface area (Å²) < 4.78 is 32.7. The molecule has 1 aliphatic heterocycles. The lowest BCUT2D eigenvalue weighted by atomic mass is 9.90. The van der Waals surface area contributed by atoms with Crippen LogP contribution in [0, 0.1) is 5.92 Å². The Morgan fingerprint density at radius 2 is 1.84 bits per heavy atom. The first-order valence-corrected chi connectivity index (χ1v) is 11.5. The number of oxazole rings is 1. The van der Waals surface area contributed by atoms with Gasteiger partial charge in [-0.1, -0.05) is 36.4 Å². The number of hydrogen-bond acceptors (Lipinski definition) is 5. The number of aromatic amines is 1. The SMILES string of the molecule is O=C(c1ccc2ccccc2c1)[C@H]1CCCN(S(=O)(=O)c2ccc3oc(=O)[nH]c3c2)C1. The predicted octanol–water partition coefficient (Wildman–Crippen LogP) is 3.56. The highest BCUT2D eigenvalue weighted by molar-refractivity contribution is 7.89. The van der Waals surface area contributed by atoms with Gasteiger partial charge >= 0.3 is 5.76 Å². The van der Waals surface area contributed by atoms with Crippen LogP contribution in [0.15, 0.2) is 74.8 Å². The molecule has 7 nitrogen and oxygen atoms in total. The molecule has 0 saturated carbocycles. The zero-order valence-electron chi connectivity index (χ0n) is 16.6. The van der Waals surface area contributed by atoms with Gasteiger partial charge in [0, 0.05) is 24.6 Å². The van der Waals surface area contributed by atoms with Crippen LogP contribution in [0.25, 0.3) is 21.9 Å². The van der Waals surface area contributed by atoms with Gasteiger partial charge in [0.15, 0.2) is 11.4 Å². The van der Waals surface area contributed by atoms with E-state index in [-0.39, 0.29) is 17.2 Å². The van der Waals surface area contributed by atoms with E-state index < -0.39 is 21.7 Å². The molecule has 0 spiro atoms. The number of sulfonamides is 1. The normalized spacial score (nSPS) is 17.9. The molecular weight excluding hydrogens is 416 g/mol. The fourth-order valence-electron chi connectivity index (χ4n) is 4.19. The van der Waals surface area contributed by atoms with Gasteiger partial charge in [-0.2, -0.15) is 4.31 Å². The molecule has 1 N–H and O–H groups in total. The third-order valence-electron chi connectivity index (χ3n) is 5.82. The zero-order chi connectivity index (χ0) is 21.6. The maximum atomic E-state index is 13.2. The second-order valence-electron chi connectivity index (χ2n) is 7.80.